The monoisotopic (exact) mass is 382 g/mol. The molecule has 5 nitrogen and oxygen atoms in total. The van der Waals surface area contributed by atoms with Crippen molar-refractivity contribution in [1.29, 1.82) is 0 Å². The van der Waals surface area contributed by atoms with Crippen LogP contribution >= 0.6 is 0 Å². The minimum atomic E-state index is -3.71. The predicted octanol–water partition coefficient (Wildman–Crippen LogP) is 4.64. The van der Waals surface area contributed by atoms with Crippen LogP contribution in [-0.4, -0.2) is 13.6 Å². The van der Waals surface area contributed by atoms with E-state index in [-0.39, 0.29) is 4.90 Å². The molecule has 0 fully saturated rings. The van der Waals surface area contributed by atoms with Crippen molar-refractivity contribution in [2.24, 2.45) is 0 Å². The molecule has 0 radical (unpaired) electrons. The number of benzene rings is 2. The molecule has 0 spiro atoms. The van der Waals surface area contributed by atoms with Gasteiger partial charge in [0.2, 0.25) is 0 Å². The first-order chi connectivity index (χ1) is 12.9. The van der Waals surface area contributed by atoms with E-state index < -0.39 is 10.0 Å². The number of anilines is 1. The number of nitrogens with one attached hydrogen (secondary N) is 1. The zero-order chi connectivity index (χ0) is 19.0. The van der Waals surface area contributed by atoms with Crippen molar-refractivity contribution < 1.29 is 12.9 Å². The van der Waals surface area contributed by atoms with Crippen molar-refractivity contribution in [2.75, 3.05) is 4.72 Å². The quantitative estimate of drug-likeness (QED) is 0.714. The summed E-state index contributed by atoms with van der Waals surface area (Å²) in [6.45, 7) is 3.63. The van der Waals surface area contributed by atoms with E-state index in [2.05, 4.69) is 15.9 Å². The van der Waals surface area contributed by atoms with E-state index in [4.69, 9.17) is 4.52 Å². The Hall–Kier alpha value is -2.60. The second kappa shape index (κ2) is 6.85. The van der Waals surface area contributed by atoms with Gasteiger partial charge in [-0.2, -0.15) is 0 Å². The Morgan fingerprint density at radius 3 is 2.63 bits per heavy atom. The van der Waals surface area contributed by atoms with Crippen LogP contribution in [0.5, 0.6) is 0 Å². The molecule has 0 saturated carbocycles. The zero-order valence-corrected chi connectivity index (χ0v) is 16.3. The van der Waals surface area contributed by atoms with Gasteiger partial charge in [0, 0.05) is 11.6 Å². The molecule has 0 atom stereocenters. The van der Waals surface area contributed by atoms with Crippen molar-refractivity contribution in [3.8, 4) is 11.3 Å². The largest absolute Gasteiger partial charge is 0.356 e. The summed E-state index contributed by atoms with van der Waals surface area (Å²) in [5, 5.41) is 3.88. The van der Waals surface area contributed by atoms with Crippen molar-refractivity contribution in [3.05, 3.63) is 64.8 Å². The average molecular weight is 382 g/mol. The van der Waals surface area contributed by atoms with Crippen molar-refractivity contribution in [2.45, 2.75) is 44.4 Å². The number of fused-ring (bicyclic) bond motifs is 1. The minimum absolute atomic E-state index is 0.252. The maximum atomic E-state index is 13.1. The summed E-state index contributed by atoms with van der Waals surface area (Å²) in [5.74, 6) is 0.557. The highest BCUT2D eigenvalue weighted by Gasteiger charge is 2.22. The van der Waals surface area contributed by atoms with Gasteiger partial charge in [-0.05, 0) is 68.4 Å². The Morgan fingerprint density at radius 1 is 1.04 bits per heavy atom. The first-order valence-corrected chi connectivity index (χ1v) is 10.6. The Kier molecular flexibility index (Phi) is 4.52. The zero-order valence-electron chi connectivity index (χ0n) is 15.5. The topological polar surface area (TPSA) is 72.2 Å². The maximum Gasteiger partial charge on any atom is 0.262 e. The van der Waals surface area contributed by atoms with Gasteiger partial charge in [-0.3, -0.25) is 4.72 Å². The minimum Gasteiger partial charge on any atom is -0.356 e. The molecule has 0 amide bonds. The summed E-state index contributed by atoms with van der Waals surface area (Å²) in [7, 11) is -3.71. The van der Waals surface area contributed by atoms with Gasteiger partial charge in [-0.1, -0.05) is 29.4 Å². The molecule has 1 aromatic heterocycles. The number of rotatable bonds is 4. The lowest BCUT2D eigenvalue weighted by atomic mass is 9.91. The Balaban J connectivity index is 1.72. The summed E-state index contributed by atoms with van der Waals surface area (Å²) < 4.78 is 34.4. The molecule has 0 saturated heterocycles. The summed E-state index contributed by atoms with van der Waals surface area (Å²) in [6, 6.07) is 12.9. The summed E-state index contributed by atoms with van der Waals surface area (Å²) >= 11 is 0. The number of aromatic nitrogens is 1. The SMILES string of the molecule is Cc1cc(-c2ccc(C)c(S(=O)(=O)Nc3cccc4c3CCCC4)c2)on1. The van der Waals surface area contributed by atoms with E-state index in [1.54, 1.807) is 25.1 Å². The van der Waals surface area contributed by atoms with E-state index in [1.807, 2.05) is 25.1 Å². The van der Waals surface area contributed by atoms with Gasteiger partial charge in [0.15, 0.2) is 5.76 Å². The highest BCUT2D eigenvalue weighted by Crippen LogP contribution is 2.31. The van der Waals surface area contributed by atoms with Crippen LogP contribution in [0.2, 0.25) is 0 Å². The summed E-state index contributed by atoms with van der Waals surface area (Å²) in [5.41, 5.74) is 5.18. The van der Waals surface area contributed by atoms with Gasteiger partial charge in [-0.25, -0.2) is 8.42 Å². The van der Waals surface area contributed by atoms with Gasteiger partial charge in [0.25, 0.3) is 10.0 Å². The Bertz CT molecular complexity index is 1100. The van der Waals surface area contributed by atoms with Gasteiger partial charge in [0.1, 0.15) is 0 Å². The van der Waals surface area contributed by atoms with Crippen LogP contribution in [0.4, 0.5) is 5.69 Å². The first kappa shape index (κ1) is 17.8. The maximum absolute atomic E-state index is 13.1. The van der Waals surface area contributed by atoms with Crippen LogP contribution in [0.25, 0.3) is 11.3 Å². The standard InChI is InChI=1S/C21H22N2O3S/c1-14-10-11-17(20-12-15(2)22-26-20)13-21(14)27(24,25)23-19-9-5-7-16-6-3-4-8-18(16)19/h5,7,9-13,23H,3-4,6,8H2,1-2H3. The van der Waals surface area contributed by atoms with E-state index >= 15 is 0 Å². The normalized spacial score (nSPS) is 14.0. The highest BCUT2D eigenvalue weighted by molar-refractivity contribution is 7.92. The second-order valence-electron chi connectivity index (χ2n) is 7.07. The van der Waals surface area contributed by atoms with Crippen molar-refractivity contribution in [3.63, 3.8) is 0 Å². The molecular formula is C21H22N2O3S. The van der Waals surface area contributed by atoms with Crippen molar-refractivity contribution in [1.82, 2.24) is 5.16 Å². The average Bonchev–Trinajstić information content (AvgIpc) is 3.08. The smallest absolute Gasteiger partial charge is 0.262 e. The molecule has 1 aliphatic rings. The van der Waals surface area contributed by atoms with Gasteiger partial charge >= 0.3 is 0 Å². The number of sulfonamides is 1. The molecule has 6 heteroatoms. The van der Waals surface area contributed by atoms with E-state index in [0.717, 1.165) is 36.9 Å². The number of hydrogen-bond acceptors (Lipinski definition) is 4. The number of aryl methyl sites for hydroxylation is 3. The van der Waals surface area contributed by atoms with Gasteiger partial charge in [-0.15, -0.1) is 0 Å². The van der Waals surface area contributed by atoms with E-state index in [0.29, 0.717) is 22.6 Å². The second-order valence-corrected chi connectivity index (χ2v) is 8.72. The van der Waals surface area contributed by atoms with Gasteiger partial charge in [0.05, 0.1) is 16.3 Å². The predicted molar refractivity (Wildman–Crippen MR) is 105 cm³/mol. The number of hydrogen-bond donors (Lipinski definition) is 1. The fourth-order valence-corrected chi connectivity index (χ4v) is 4.98. The molecule has 3 aromatic rings. The lowest BCUT2D eigenvalue weighted by Crippen LogP contribution is -2.17. The fraction of sp³-hybridized carbons (Fsp3) is 0.286. The molecule has 0 unspecified atom stereocenters. The van der Waals surface area contributed by atoms with Crippen molar-refractivity contribution >= 4 is 15.7 Å². The molecular weight excluding hydrogens is 360 g/mol. The Labute approximate surface area is 159 Å². The third kappa shape index (κ3) is 3.49. The van der Waals surface area contributed by atoms with Crippen LogP contribution in [0, 0.1) is 13.8 Å². The summed E-state index contributed by atoms with van der Waals surface area (Å²) in [4.78, 5) is 0.252. The number of nitrogens with zero attached hydrogens (tertiary/aromatic N) is 1. The molecule has 1 heterocycles. The van der Waals surface area contributed by atoms with Gasteiger partial charge < -0.3 is 4.52 Å². The lowest BCUT2D eigenvalue weighted by molar-refractivity contribution is 0.427. The molecule has 1 N–H and O–H groups in total. The molecule has 1 aliphatic carbocycles. The van der Waals surface area contributed by atoms with Crippen LogP contribution in [0.1, 0.15) is 35.2 Å². The van der Waals surface area contributed by atoms with Crippen LogP contribution in [0.3, 0.4) is 0 Å². The van der Waals surface area contributed by atoms with Crippen LogP contribution in [-0.2, 0) is 22.9 Å². The van der Waals surface area contributed by atoms with E-state index in [1.165, 1.54) is 5.56 Å². The third-order valence-corrected chi connectivity index (χ3v) is 6.54. The third-order valence-electron chi connectivity index (χ3n) is 5.03. The molecule has 0 aliphatic heterocycles. The summed E-state index contributed by atoms with van der Waals surface area (Å²) in [6.07, 6.45) is 4.15. The molecule has 2 aromatic carbocycles. The Morgan fingerprint density at radius 2 is 1.85 bits per heavy atom. The van der Waals surface area contributed by atoms with Crippen LogP contribution in [0.15, 0.2) is 51.9 Å². The molecule has 4 rings (SSSR count). The molecule has 27 heavy (non-hydrogen) atoms. The first-order valence-electron chi connectivity index (χ1n) is 9.12. The highest BCUT2D eigenvalue weighted by atomic mass is 32.2. The lowest BCUT2D eigenvalue weighted by Gasteiger charge is -2.20. The molecule has 140 valence electrons. The molecule has 0 bridgehead atoms. The van der Waals surface area contributed by atoms with Crippen LogP contribution < -0.4 is 4.72 Å². The van der Waals surface area contributed by atoms with E-state index in [9.17, 15) is 8.42 Å². The fourth-order valence-electron chi connectivity index (χ4n) is 3.62.